The molecule has 0 bridgehead atoms. The molecule has 0 rings (SSSR count). The third kappa shape index (κ3) is 11.1. The largest absolute Gasteiger partial charge is 0.518 e. The number of carbonyl (C=O) groups is 1. The number of hydrogen-bond acceptors (Lipinski definition) is 6. The van der Waals surface area contributed by atoms with Crippen LogP contribution in [0.1, 0.15) is 61.3 Å². The predicted octanol–water partition coefficient (Wildman–Crippen LogP) is 5.89. The summed E-state index contributed by atoms with van der Waals surface area (Å²) in [4.78, 5) is 12.9. The molecule has 0 heterocycles. The molecule has 0 aliphatic rings. The summed E-state index contributed by atoms with van der Waals surface area (Å²) in [5.74, 6) is -0.0476. The second kappa shape index (κ2) is 15.0. The average Bonchev–Trinajstić information content (AvgIpc) is 2.71. The maximum Gasteiger partial charge on any atom is 0.501 e. The molecule has 1 atom stereocenters. The first-order valence-corrected chi connectivity index (χ1v) is 20.3. The first-order chi connectivity index (χ1) is 14.5. The summed E-state index contributed by atoms with van der Waals surface area (Å²) < 4.78 is 27.0. The van der Waals surface area contributed by atoms with Gasteiger partial charge < -0.3 is 22.3 Å². The minimum Gasteiger partial charge on any atom is -0.518 e. The van der Waals surface area contributed by atoms with Gasteiger partial charge in [-0.2, -0.15) is 0 Å². The van der Waals surface area contributed by atoms with Crippen LogP contribution in [-0.4, -0.2) is 68.3 Å². The van der Waals surface area contributed by atoms with Gasteiger partial charge in [-0.25, -0.2) is 0 Å². The molecule has 9 heteroatoms. The van der Waals surface area contributed by atoms with Crippen molar-refractivity contribution in [3.05, 3.63) is 0 Å². The van der Waals surface area contributed by atoms with Gasteiger partial charge in [0.1, 0.15) is 8.24 Å². The lowest BCUT2D eigenvalue weighted by atomic mass is 10.3. The molecule has 0 saturated heterocycles. The summed E-state index contributed by atoms with van der Waals surface area (Å²) in [7, 11) is -6.33. The first-order valence-electron chi connectivity index (χ1n) is 12.4. The van der Waals surface area contributed by atoms with E-state index in [4.69, 9.17) is 17.7 Å². The fourth-order valence-corrected chi connectivity index (χ4v) is 10.5. The second-order valence-electron chi connectivity index (χ2n) is 9.30. The zero-order valence-electron chi connectivity index (χ0n) is 22.1. The average molecular weight is 494 g/mol. The summed E-state index contributed by atoms with van der Waals surface area (Å²) in [5, 5.41) is 0. The first kappa shape index (κ1) is 31.0. The van der Waals surface area contributed by atoms with E-state index in [2.05, 4.69) is 58.8 Å². The van der Waals surface area contributed by atoms with Crippen LogP contribution in [0.2, 0.25) is 43.8 Å². The zero-order chi connectivity index (χ0) is 24.1. The van der Waals surface area contributed by atoms with Crippen LogP contribution in [0.15, 0.2) is 0 Å². The molecule has 0 radical (unpaired) electrons. The Balaban J connectivity index is 5.22. The fraction of sp³-hybridized carbons (Fsp3) is 0.955. The summed E-state index contributed by atoms with van der Waals surface area (Å²) in [5.41, 5.74) is 0. The van der Waals surface area contributed by atoms with Crippen LogP contribution in [0.4, 0.5) is 0 Å². The minimum atomic E-state index is -2.72. The number of hydrogen-bond donors (Lipinski definition) is 0. The summed E-state index contributed by atoms with van der Waals surface area (Å²) >= 11 is 0. The van der Waals surface area contributed by atoms with Crippen LogP contribution in [0.5, 0.6) is 0 Å². The van der Waals surface area contributed by atoms with Crippen molar-refractivity contribution in [2.24, 2.45) is 0 Å². The van der Waals surface area contributed by atoms with E-state index in [1.54, 1.807) is 0 Å². The molecule has 0 saturated carbocycles. The van der Waals surface area contributed by atoms with Gasteiger partial charge >= 0.3 is 14.8 Å². The highest BCUT2D eigenvalue weighted by Gasteiger charge is 2.42. The molecule has 6 nitrogen and oxygen atoms in total. The summed E-state index contributed by atoms with van der Waals surface area (Å²) in [6.45, 7) is 23.9. The van der Waals surface area contributed by atoms with E-state index in [0.29, 0.717) is 19.8 Å². The SMILES string of the molecule is CCO[Si](CCCN(CC(=O)O[Si](CC)(CC)CC)[Si](C)(C)C)(OCC)OC(C)CC. The van der Waals surface area contributed by atoms with Gasteiger partial charge in [-0.05, 0) is 58.3 Å². The molecule has 0 aromatic heterocycles. The van der Waals surface area contributed by atoms with E-state index in [1.165, 1.54) is 0 Å². The van der Waals surface area contributed by atoms with E-state index in [0.717, 1.165) is 43.6 Å². The lowest BCUT2D eigenvalue weighted by Crippen LogP contribution is -2.52. The molecule has 0 aromatic carbocycles. The zero-order valence-corrected chi connectivity index (χ0v) is 25.1. The highest BCUT2D eigenvalue weighted by molar-refractivity contribution is 6.75. The van der Waals surface area contributed by atoms with Gasteiger partial charge in [0.25, 0.3) is 8.32 Å². The standard InChI is InChI=1S/C22H51NO5Si3/c1-11-21(7)27-31(25-12-2,26-13-3)19-17-18-23(29(8,9)10)20-22(24)28-30(14-4,15-5)16-6/h21H,11-20H2,1-10H3. The van der Waals surface area contributed by atoms with Crippen molar-refractivity contribution in [1.82, 2.24) is 4.57 Å². The van der Waals surface area contributed by atoms with Gasteiger partial charge in [0, 0.05) is 25.4 Å². The van der Waals surface area contributed by atoms with Crippen molar-refractivity contribution >= 4 is 31.3 Å². The Bertz CT molecular complexity index is 484. The second-order valence-corrected chi connectivity index (χ2v) is 21.6. The van der Waals surface area contributed by atoms with Crippen LogP contribution in [0, 0.1) is 0 Å². The third-order valence-corrected chi connectivity index (χ3v) is 16.1. The van der Waals surface area contributed by atoms with Crippen LogP contribution in [0.25, 0.3) is 0 Å². The van der Waals surface area contributed by atoms with Crippen molar-refractivity contribution in [3.8, 4) is 0 Å². The Hall–Kier alpha value is -0.0394. The molecule has 0 N–H and O–H groups in total. The molecule has 0 amide bonds. The van der Waals surface area contributed by atoms with Gasteiger partial charge in [0.15, 0.2) is 0 Å². The van der Waals surface area contributed by atoms with E-state index in [-0.39, 0.29) is 12.1 Å². The normalized spacial score (nSPS) is 14.2. The van der Waals surface area contributed by atoms with Crippen molar-refractivity contribution in [1.29, 1.82) is 0 Å². The lowest BCUT2D eigenvalue weighted by molar-refractivity contribution is -0.135. The number of nitrogens with zero attached hydrogens (tertiary/aromatic N) is 1. The Kier molecular flexibility index (Phi) is 15.0. The monoisotopic (exact) mass is 493 g/mol. The molecule has 0 fully saturated rings. The van der Waals surface area contributed by atoms with E-state index < -0.39 is 25.4 Å². The predicted molar refractivity (Wildman–Crippen MR) is 137 cm³/mol. The smallest absolute Gasteiger partial charge is 0.501 e. The Labute approximate surface area is 195 Å². The highest BCUT2D eigenvalue weighted by atomic mass is 28.4. The molecule has 31 heavy (non-hydrogen) atoms. The number of carbonyl (C=O) groups excluding carboxylic acids is 1. The molecule has 0 aliphatic heterocycles. The van der Waals surface area contributed by atoms with Crippen molar-refractivity contribution in [3.63, 3.8) is 0 Å². The minimum absolute atomic E-state index is 0.0476. The summed E-state index contributed by atoms with van der Waals surface area (Å²) in [6, 6.07) is 3.74. The van der Waals surface area contributed by atoms with Gasteiger partial charge in [-0.15, -0.1) is 0 Å². The quantitative estimate of drug-likeness (QED) is 0.222. The Morgan fingerprint density at radius 2 is 1.42 bits per heavy atom. The van der Waals surface area contributed by atoms with Gasteiger partial charge in [0.05, 0.1) is 6.54 Å². The van der Waals surface area contributed by atoms with Crippen molar-refractivity contribution in [2.75, 3.05) is 26.3 Å². The molecular formula is C22H51NO5Si3. The molecular weight excluding hydrogens is 443 g/mol. The topological polar surface area (TPSA) is 57.2 Å². The maximum atomic E-state index is 12.9. The van der Waals surface area contributed by atoms with E-state index in [9.17, 15) is 4.79 Å². The molecule has 0 aromatic rings. The van der Waals surface area contributed by atoms with E-state index >= 15 is 0 Å². The van der Waals surface area contributed by atoms with Crippen LogP contribution >= 0.6 is 0 Å². The lowest BCUT2D eigenvalue weighted by Gasteiger charge is -2.36. The van der Waals surface area contributed by atoms with Gasteiger partial charge in [-0.1, -0.05) is 47.3 Å². The van der Waals surface area contributed by atoms with Gasteiger partial charge in [0.2, 0.25) is 0 Å². The maximum absolute atomic E-state index is 12.9. The van der Waals surface area contributed by atoms with Crippen molar-refractivity contribution < 1.29 is 22.5 Å². The molecule has 186 valence electrons. The highest BCUT2D eigenvalue weighted by Crippen LogP contribution is 2.24. The third-order valence-electron chi connectivity index (χ3n) is 6.13. The number of rotatable bonds is 18. The van der Waals surface area contributed by atoms with Crippen LogP contribution in [-0.2, 0) is 22.5 Å². The van der Waals surface area contributed by atoms with Gasteiger partial charge in [-0.3, -0.25) is 4.79 Å². The van der Waals surface area contributed by atoms with Crippen LogP contribution in [0.3, 0.4) is 0 Å². The molecule has 0 spiro atoms. The van der Waals surface area contributed by atoms with E-state index in [1.807, 2.05) is 13.8 Å². The Morgan fingerprint density at radius 3 is 1.81 bits per heavy atom. The van der Waals surface area contributed by atoms with Crippen LogP contribution < -0.4 is 0 Å². The Morgan fingerprint density at radius 1 is 0.903 bits per heavy atom. The van der Waals surface area contributed by atoms with Crippen molar-refractivity contribution in [2.45, 2.75) is 111 Å². The summed E-state index contributed by atoms with van der Waals surface area (Å²) in [6.07, 6.45) is 1.93. The molecule has 0 aliphatic carbocycles. The fourth-order valence-electron chi connectivity index (χ4n) is 3.68. The molecule has 1 unspecified atom stereocenters.